The van der Waals surface area contributed by atoms with Crippen molar-refractivity contribution in [1.29, 1.82) is 0 Å². The molecule has 2 aromatic heterocycles. The summed E-state index contributed by atoms with van der Waals surface area (Å²) in [5.74, 6) is 0.726. The second-order valence-electron chi connectivity index (χ2n) is 4.14. The third-order valence-electron chi connectivity index (χ3n) is 2.91. The molecule has 2 N–H and O–H groups in total. The predicted octanol–water partition coefficient (Wildman–Crippen LogP) is 1.11. The van der Waals surface area contributed by atoms with Gasteiger partial charge in [0.2, 0.25) is 0 Å². The number of rotatable bonds is 3. The summed E-state index contributed by atoms with van der Waals surface area (Å²) in [5.41, 5.74) is 8.93. The van der Waals surface area contributed by atoms with Crippen LogP contribution in [0, 0.1) is 0 Å². The Kier molecular flexibility index (Phi) is 1.95. The first-order chi connectivity index (χ1) is 7.38. The molecule has 0 unspecified atom stereocenters. The average molecular weight is 202 g/mol. The van der Waals surface area contributed by atoms with Gasteiger partial charge in [-0.1, -0.05) is 0 Å². The molecule has 1 aliphatic carbocycles. The van der Waals surface area contributed by atoms with Crippen molar-refractivity contribution < 1.29 is 0 Å². The molecule has 1 aliphatic rings. The van der Waals surface area contributed by atoms with Crippen LogP contribution in [0.2, 0.25) is 0 Å². The Morgan fingerprint density at radius 3 is 3.00 bits per heavy atom. The number of hydrogen-bond acceptors (Lipinski definition) is 3. The molecule has 0 radical (unpaired) electrons. The van der Waals surface area contributed by atoms with Gasteiger partial charge in [-0.05, 0) is 37.3 Å². The summed E-state index contributed by atoms with van der Waals surface area (Å²) in [5, 5.41) is 4.31. The van der Waals surface area contributed by atoms with Crippen molar-refractivity contribution in [2.24, 2.45) is 5.73 Å². The number of hydrogen-bond donors (Lipinski definition) is 1. The molecule has 3 rings (SSSR count). The van der Waals surface area contributed by atoms with Gasteiger partial charge < -0.3 is 5.73 Å². The highest BCUT2D eigenvalue weighted by Gasteiger charge is 2.24. The monoisotopic (exact) mass is 202 g/mol. The first-order valence-corrected chi connectivity index (χ1v) is 5.40. The Balaban J connectivity index is 2.05. The summed E-state index contributed by atoms with van der Waals surface area (Å²) in [4.78, 5) is 4.47. The molecular weight excluding hydrogens is 188 g/mol. The van der Waals surface area contributed by atoms with Crippen LogP contribution < -0.4 is 5.73 Å². The molecule has 0 aliphatic heterocycles. The molecule has 0 aromatic carbocycles. The van der Waals surface area contributed by atoms with E-state index in [1.165, 1.54) is 18.4 Å². The molecule has 1 saturated carbocycles. The second-order valence-corrected chi connectivity index (χ2v) is 4.14. The van der Waals surface area contributed by atoms with Crippen LogP contribution in [-0.4, -0.2) is 21.1 Å². The minimum absolute atomic E-state index is 0.646. The van der Waals surface area contributed by atoms with Crippen molar-refractivity contribution in [2.45, 2.75) is 25.2 Å². The average Bonchev–Trinajstić information content (AvgIpc) is 3.03. The fraction of sp³-hybridized carbons (Fsp3) is 0.455. The second kappa shape index (κ2) is 3.31. The zero-order valence-electron chi connectivity index (χ0n) is 8.56. The van der Waals surface area contributed by atoms with Crippen molar-refractivity contribution in [3.8, 4) is 0 Å². The van der Waals surface area contributed by atoms with E-state index >= 15 is 0 Å². The van der Waals surface area contributed by atoms with E-state index < -0.39 is 0 Å². The lowest BCUT2D eigenvalue weighted by Gasteiger charge is -1.99. The highest BCUT2D eigenvalue weighted by Crippen LogP contribution is 2.39. The zero-order valence-corrected chi connectivity index (χ0v) is 8.56. The van der Waals surface area contributed by atoms with E-state index in [-0.39, 0.29) is 0 Å². The van der Waals surface area contributed by atoms with Gasteiger partial charge in [-0.15, -0.1) is 0 Å². The Morgan fingerprint density at radius 2 is 2.27 bits per heavy atom. The summed E-state index contributed by atoms with van der Waals surface area (Å²) >= 11 is 0. The molecule has 15 heavy (non-hydrogen) atoms. The lowest BCUT2D eigenvalue weighted by atomic mass is 10.2. The topological polar surface area (TPSA) is 56.2 Å². The first-order valence-electron chi connectivity index (χ1n) is 5.40. The van der Waals surface area contributed by atoms with Gasteiger partial charge in [-0.2, -0.15) is 5.10 Å². The van der Waals surface area contributed by atoms with Gasteiger partial charge in [0.15, 0.2) is 5.65 Å². The molecule has 0 spiro atoms. The van der Waals surface area contributed by atoms with E-state index in [9.17, 15) is 0 Å². The van der Waals surface area contributed by atoms with Crippen LogP contribution >= 0.6 is 0 Å². The van der Waals surface area contributed by atoms with E-state index in [4.69, 9.17) is 5.73 Å². The van der Waals surface area contributed by atoms with Gasteiger partial charge in [-0.3, -0.25) is 0 Å². The van der Waals surface area contributed by atoms with Crippen LogP contribution in [0.15, 0.2) is 18.6 Å². The number of aromatic nitrogens is 3. The molecule has 2 aromatic rings. The maximum atomic E-state index is 5.53. The molecule has 78 valence electrons. The molecule has 4 nitrogen and oxygen atoms in total. The molecule has 2 heterocycles. The minimum Gasteiger partial charge on any atom is -0.330 e. The van der Waals surface area contributed by atoms with Crippen LogP contribution in [0.1, 0.15) is 29.9 Å². The Hall–Kier alpha value is -1.42. The highest BCUT2D eigenvalue weighted by atomic mass is 15.2. The van der Waals surface area contributed by atoms with Crippen LogP contribution in [0.5, 0.6) is 0 Å². The van der Waals surface area contributed by atoms with Gasteiger partial charge >= 0.3 is 0 Å². The highest BCUT2D eigenvalue weighted by molar-refractivity contribution is 5.46. The maximum Gasteiger partial charge on any atom is 0.158 e. The van der Waals surface area contributed by atoms with E-state index in [0.29, 0.717) is 6.54 Å². The van der Waals surface area contributed by atoms with Gasteiger partial charge in [-0.25, -0.2) is 9.50 Å². The Bertz CT molecular complexity index is 484. The quantitative estimate of drug-likeness (QED) is 0.811. The van der Waals surface area contributed by atoms with Gasteiger partial charge in [0.05, 0.1) is 6.20 Å². The summed E-state index contributed by atoms with van der Waals surface area (Å²) in [6.45, 7) is 0.646. The number of fused-ring (bicyclic) bond motifs is 1. The van der Waals surface area contributed by atoms with Crippen LogP contribution in [0.25, 0.3) is 5.65 Å². The molecule has 0 atom stereocenters. The molecular formula is C11H14N4. The fourth-order valence-corrected chi connectivity index (χ4v) is 1.90. The van der Waals surface area contributed by atoms with E-state index in [1.54, 1.807) is 0 Å². The van der Waals surface area contributed by atoms with Crippen molar-refractivity contribution in [1.82, 2.24) is 14.6 Å². The molecule has 0 amide bonds. The third-order valence-corrected chi connectivity index (χ3v) is 2.91. The Labute approximate surface area is 88.1 Å². The fourth-order valence-electron chi connectivity index (χ4n) is 1.90. The van der Waals surface area contributed by atoms with Crippen molar-refractivity contribution in [2.75, 3.05) is 6.54 Å². The summed E-state index contributed by atoms with van der Waals surface area (Å²) in [6, 6.07) is 0. The zero-order chi connectivity index (χ0) is 10.3. The molecule has 4 heteroatoms. The largest absolute Gasteiger partial charge is 0.330 e. The maximum absolute atomic E-state index is 5.53. The van der Waals surface area contributed by atoms with Crippen LogP contribution in [-0.2, 0) is 6.42 Å². The van der Waals surface area contributed by atoms with Crippen molar-refractivity contribution >= 4 is 5.65 Å². The van der Waals surface area contributed by atoms with E-state index in [1.807, 2.05) is 16.9 Å². The summed E-state index contributed by atoms with van der Waals surface area (Å²) in [6.07, 6.45) is 9.38. The smallest absolute Gasteiger partial charge is 0.158 e. The summed E-state index contributed by atoms with van der Waals surface area (Å²) in [7, 11) is 0. The van der Waals surface area contributed by atoms with E-state index in [0.717, 1.165) is 23.5 Å². The lowest BCUT2D eigenvalue weighted by Crippen LogP contribution is -2.03. The number of nitrogens with zero attached hydrogens (tertiary/aromatic N) is 3. The molecule has 0 bridgehead atoms. The van der Waals surface area contributed by atoms with Crippen molar-refractivity contribution in [3.63, 3.8) is 0 Å². The Morgan fingerprint density at radius 1 is 1.40 bits per heavy atom. The number of nitrogens with two attached hydrogens (primary N) is 1. The van der Waals surface area contributed by atoms with E-state index in [2.05, 4.69) is 16.3 Å². The predicted molar refractivity (Wildman–Crippen MR) is 57.7 cm³/mol. The third kappa shape index (κ3) is 1.51. The lowest BCUT2D eigenvalue weighted by molar-refractivity contribution is 0.906. The molecule has 0 saturated heterocycles. The van der Waals surface area contributed by atoms with Gasteiger partial charge in [0.25, 0.3) is 0 Å². The first kappa shape index (κ1) is 8.85. The standard InChI is InChI=1S/C11H14N4/c12-4-3-9-6-14-15-7-10(8-1-2-8)5-13-11(9)15/h5-8H,1-4,12H2. The van der Waals surface area contributed by atoms with Gasteiger partial charge in [0.1, 0.15) is 0 Å². The van der Waals surface area contributed by atoms with Crippen molar-refractivity contribution in [3.05, 3.63) is 29.7 Å². The SMILES string of the molecule is NCCc1cnn2cc(C3CC3)cnc12. The van der Waals surface area contributed by atoms with Crippen LogP contribution in [0.3, 0.4) is 0 Å². The molecule has 1 fully saturated rings. The van der Waals surface area contributed by atoms with Gasteiger partial charge in [0, 0.05) is 18.0 Å². The normalized spacial score (nSPS) is 16.1. The minimum atomic E-state index is 0.646. The van der Waals surface area contributed by atoms with Crippen LogP contribution in [0.4, 0.5) is 0 Å². The summed E-state index contributed by atoms with van der Waals surface area (Å²) < 4.78 is 1.87.